The van der Waals surface area contributed by atoms with Crippen LogP contribution in [0.15, 0.2) is 42.7 Å². The predicted octanol–water partition coefficient (Wildman–Crippen LogP) is 2.64. The van der Waals surface area contributed by atoms with Crippen LogP contribution in [0.2, 0.25) is 0 Å². The SMILES string of the molecule is CN(Cc1cccc2[nH]ccc12)C(=O)c1c[nH]c(C#N)c1. The fourth-order valence-electron chi connectivity index (χ4n) is 2.42. The van der Waals surface area contributed by atoms with Crippen LogP contribution in [0.3, 0.4) is 0 Å². The van der Waals surface area contributed by atoms with Gasteiger partial charge < -0.3 is 14.9 Å². The third-order valence-corrected chi connectivity index (χ3v) is 3.49. The van der Waals surface area contributed by atoms with Crippen molar-refractivity contribution in [3.05, 3.63) is 59.5 Å². The molecule has 0 saturated carbocycles. The molecule has 0 unspecified atom stereocenters. The number of nitriles is 1. The van der Waals surface area contributed by atoms with Gasteiger partial charge in [0.25, 0.3) is 5.91 Å². The lowest BCUT2D eigenvalue weighted by Crippen LogP contribution is -2.25. The first kappa shape index (κ1) is 13.0. The number of amides is 1. The first-order chi connectivity index (χ1) is 10.2. The third-order valence-electron chi connectivity index (χ3n) is 3.49. The lowest BCUT2D eigenvalue weighted by molar-refractivity contribution is 0.0786. The van der Waals surface area contributed by atoms with Crippen molar-refractivity contribution in [2.75, 3.05) is 7.05 Å². The molecule has 2 heterocycles. The van der Waals surface area contributed by atoms with Crippen molar-refractivity contribution in [1.29, 1.82) is 5.26 Å². The minimum Gasteiger partial charge on any atom is -0.361 e. The van der Waals surface area contributed by atoms with E-state index in [9.17, 15) is 4.79 Å². The van der Waals surface area contributed by atoms with Gasteiger partial charge in [-0.2, -0.15) is 5.26 Å². The average molecular weight is 278 g/mol. The van der Waals surface area contributed by atoms with E-state index in [0.717, 1.165) is 16.5 Å². The largest absolute Gasteiger partial charge is 0.361 e. The van der Waals surface area contributed by atoms with Gasteiger partial charge in [-0.15, -0.1) is 0 Å². The van der Waals surface area contributed by atoms with Gasteiger partial charge in [-0.25, -0.2) is 0 Å². The normalized spacial score (nSPS) is 10.5. The van der Waals surface area contributed by atoms with Crippen molar-refractivity contribution >= 4 is 16.8 Å². The van der Waals surface area contributed by atoms with Crippen molar-refractivity contribution in [3.8, 4) is 6.07 Å². The van der Waals surface area contributed by atoms with E-state index in [1.54, 1.807) is 24.2 Å². The number of H-pyrrole nitrogens is 2. The number of nitrogens with one attached hydrogen (secondary N) is 2. The van der Waals surface area contributed by atoms with Crippen LogP contribution in [0.5, 0.6) is 0 Å². The summed E-state index contributed by atoms with van der Waals surface area (Å²) >= 11 is 0. The summed E-state index contributed by atoms with van der Waals surface area (Å²) in [6.07, 6.45) is 3.45. The molecule has 3 aromatic rings. The van der Waals surface area contributed by atoms with Gasteiger partial charge in [0.15, 0.2) is 0 Å². The molecular weight excluding hydrogens is 264 g/mol. The van der Waals surface area contributed by atoms with Crippen LogP contribution < -0.4 is 0 Å². The molecule has 1 aromatic carbocycles. The Hall–Kier alpha value is -3.00. The van der Waals surface area contributed by atoms with E-state index in [0.29, 0.717) is 17.8 Å². The second kappa shape index (κ2) is 5.17. The summed E-state index contributed by atoms with van der Waals surface area (Å²) < 4.78 is 0. The molecule has 1 amide bonds. The highest BCUT2D eigenvalue weighted by molar-refractivity contribution is 5.94. The number of hydrogen-bond acceptors (Lipinski definition) is 2. The van der Waals surface area contributed by atoms with Crippen molar-refractivity contribution < 1.29 is 4.79 Å². The molecule has 5 nitrogen and oxygen atoms in total. The first-order valence-corrected chi connectivity index (χ1v) is 6.58. The third kappa shape index (κ3) is 2.39. The molecule has 0 bridgehead atoms. The van der Waals surface area contributed by atoms with E-state index in [1.165, 1.54) is 0 Å². The van der Waals surface area contributed by atoms with E-state index in [1.807, 2.05) is 36.5 Å². The quantitative estimate of drug-likeness (QED) is 0.772. The van der Waals surface area contributed by atoms with E-state index >= 15 is 0 Å². The Morgan fingerprint density at radius 2 is 2.19 bits per heavy atom. The summed E-state index contributed by atoms with van der Waals surface area (Å²) in [6, 6.07) is 11.5. The Kier molecular flexibility index (Phi) is 3.20. The molecule has 3 rings (SSSR count). The van der Waals surface area contributed by atoms with Gasteiger partial charge in [-0.3, -0.25) is 4.79 Å². The van der Waals surface area contributed by atoms with Crippen molar-refractivity contribution in [2.45, 2.75) is 6.54 Å². The minimum absolute atomic E-state index is 0.111. The van der Waals surface area contributed by atoms with Crippen LogP contribution in [0.1, 0.15) is 21.6 Å². The second-order valence-electron chi connectivity index (χ2n) is 4.93. The van der Waals surface area contributed by atoms with Crippen molar-refractivity contribution in [2.24, 2.45) is 0 Å². The minimum atomic E-state index is -0.111. The highest BCUT2D eigenvalue weighted by atomic mass is 16.2. The lowest BCUT2D eigenvalue weighted by Gasteiger charge is -2.17. The first-order valence-electron chi connectivity index (χ1n) is 6.58. The molecule has 21 heavy (non-hydrogen) atoms. The number of carbonyl (C=O) groups excluding carboxylic acids is 1. The van der Waals surface area contributed by atoms with Gasteiger partial charge in [0.05, 0.1) is 5.56 Å². The summed E-state index contributed by atoms with van der Waals surface area (Å²) in [5.41, 5.74) is 3.03. The molecule has 0 aliphatic carbocycles. The monoisotopic (exact) mass is 278 g/mol. The van der Waals surface area contributed by atoms with Gasteiger partial charge in [0.1, 0.15) is 11.8 Å². The number of hydrogen-bond donors (Lipinski definition) is 2. The van der Waals surface area contributed by atoms with E-state index in [4.69, 9.17) is 5.26 Å². The van der Waals surface area contributed by atoms with E-state index in [-0.39, 0.29) is 5.91 Å². The van der Waals surface area contributed by atoms with Crippen LogP contribution in [0.25, 0.3) is 10.9 Å². The maximum atomic E-state index is 12.3. The Labute approximate surface area is 121 Å². The summed E-state index contributed by atoms with van der Waals surface area (Å²) in [5.74, 6) is -0.111. The fraction of sp³-hybridized carbons (Fsp3) is 0.125. The number of nitrogens with zero attached hydrogens (tertiary/aromatic N) is 2. The zero-order chi connectivity index (χ0) is 14.8. The molecule has 2 aromatic heterocycles. The molecule has 104 valence electrons. The van der Waals surface area contributed by atoms with Gasteiger partial charge in [0.2, 0.25) is 0 Å². The van der Waals surface area contributed by atoms with Crippen LogP contribution in [-0.4, -0.2) is 27.8 Å². The van der Waals surface area contributed by atoms with Gasteiger partial charge in [0, 0.05) is 36.9 Å². The highest BCUT2D eigenvalue weighted by Crippen LogP contribution is 2.19. The molecule has 0 saturated heterocycles. The number of benzene rings is 1. The molecule has 0 radical (unpaired) electrons. The molecule has 2 N–H and O–H groups in total. The summed E-state index contributed by atoms with van der Waals surface area (Å²) in [7, 11) is 1.76. The number of fused-ring (bicyclic) bond motifs is 1. The second-order valence-corrected chi connectivity index (χ2v) is 4.93. The lowest BCUT2D eigenvalue weighted by atomic mass is 10.1. The maximum absolute atomic E-state index is 12.3. The molecule has 0 fully saturated rings. The van der Waals surface area contributed by atoms with Crippen LogP contribution >= 0.6 is 0 Å². The summed E-state index contributed by atoms with van der Waals surface area (Å²) in [5, 5.41) is 9.91. The maximum Gasteiger partial charge on any atom is 0.255 e. The predicted molar refractivity (Wildman–Crippen MR) is 79.6 cm³/mol. The molecule has 0 aliphatic rings. The van der Waals surface area contributed by atoms with Gasteiger partial charge in [-0.05, 0) is 23.8 Å². The van der Waals surface area contributed by atoms with Crippen LogP contribution in [0.4, 0.5) is 0 Å². The zero-order valence-electron chi connectivity index (χ0n) is 11.6. The van der Waals surface area contributed by atoms with E-state index < -0.39 is 0 Å². The Bertz CT molecular complexity index is 837. The zero-order valence-corrected chi connectivity index (χ0v) is 11.6. The standard InChI is InChI=1S/C16H14N4O/c1-20(16(21)12-7-13(8-17)19-9-12)10-11-3-2-4-15-14(11)5-6-18-15/h2-7,9,18-19H,10H2,1H3. The van der Waals surface area contributed by atoms with Crippen molar-refractivity contribution in [1.82, 2.24) is 14.9 Å². The summed E-state index contributed by atoms with van der Waals surface area (Å²) in [6.45, 7) is 0.515. The molecule has 5 heteroatoms. The number of rotatable bonds is 3. The van der Waals surface area contributed by atoms with Crippen LogP contribution in [-0.2, 0) is 6.54 Å². The molecule has 0 aliphatic heterocycles. The molecule has 0 atom stereocenters. The van der Waals surface area contributed by atoms with Crippen molar-refractivity contribution in [3.63, 3.8) is 0 Å². The highest BCUT2D eigenvalue weighted by Gasteiger charge is 2.15. The topological polar surface area (TPSA) is 75.7 Å². The summed E-state index contributed by atoms with van der Waals surface area (Å²) in [4.78, 5) is 19.9. The van der Waals surface area contributed by atoms with E-state index in [2.05, 4.69) is 9.97 Å². The number of carbonyl (C=O) groups is 1. The fourth-order valence-corrected chi connectivity index (χ4v) is 2.42. The Balaban J connectivity index is 1.83. The molecular formula is C16H14N4O. The van der Waals surface area contributed by atoms with Crippen LogP contribution in [0, 0.1) is 11.3 Å². The molecule has 0 spiro atoms. The Morgan fingerprint density at radius 1 is 1.33 bits per heavy atom. The van der Waals surface area contributed by atoms with Gasteiger partial charge >= 0.3 is 0 Å². The average Bonchev–Trinajstić information content (AvgIpc) is 3.15. The Morgan fingerprint density at radius 3 is 2.95 bits per heavy atom. The number of aromatic nitrogens is 2. The van der Waals surface area contributed by atoms with Gasteiger partial charge in [-0.1, -0.05) is 12.1 Å². The smallest absolute Gasteiger partial charge is 0.255 e. The number of aromatic amines is 2.